The molecule has 0 aliphatic rings. The number of thiophene rings is 1. The van der Waals surface area contributed by atoms with Crippen LogP contribution in [0.25, 0.3) is 31.3 Å². The van der Waals surface area contributed by atoms with Crippen LogP contribution >= 0.6 is 11.3 Å². The van der Waals surface area contributed by atoms with Crippen LogP contribution in [-0.4, -0.2) is 0 Å². The summed E-state index contributed by atoms with van der Waals surface area (Å²) in [6.07, 6.45) is 0. The van der Waals surface area contributed by atoms with E-state index in [4.69, 9.17) is 4.42 Å². The van der Waals surface area contributed by atoms with Crippen LogP contribution in [0.2, 0.25) is 0 Å². The highest BCUT2D eigenvalue weighted by atomic mass is 32.1. The largest absolute Gasteiger partial charge is 0.445 e. The van der Waals surface area contributed by atoms with Gasteiger partial charge in [-0.25, -0.2) is 0 Å². The standard InChI is InChI=1S/C21H15NOS/c1-13-5-4-6-14(11-13)22-15-9-10-17-19(12-15)24-21-20(17)16-7-2-3-8-18(16)23-21/h2-12,22H,1H3. The Kier molecular flexibility index (Phi) is 2.91. The van der Waals surface area contributed by atoms with Crippen LogP contribution in [-0.2, 0) is 0 Å². The quantitative estimate of drug-likeness (QED) is 0.383. The molecule has 3 aromatic carbocycles. The lowest BCUT2D eigenvalue weighted by Crippen LogP contribution is -1.89. The van der Waals surface area contributed by atoms with Crippen LogP contribution in [0.5, 0.6) is 0 Å². The van der Waals surface area contributed by atoms with Gasteiger partial charge in [-0.05, 0) is 42.8 Å². The molecule has 0 spiro atoms. The summed E-state index contributed by atoms with van der Waals surface area (Å²) >= 11 is 1.71. The van der Waals surface area contributed by atoms with Gasteiger partial charge in [0.25, 0.3) is 0 Å². The molecule has 3 heteroatoms. The normalized spacial score (nSPS) is 11.5. The summed E-state index contributed by atoms with van der Waals surface area (Å²) in [7, 11) is 0. The molecule has 1 N–H and O–H groups in total. The molecule has 0 bridgehead atoms. The average molecular weight is 329 g/mol. The first-order valence-corrected chi connectivity index (χ1v) is 8.77. The van der Waals surface area contributed by atoms with Crippen molar-refractivity contribution in [1.29, 1.82) is 0 Å². The number of fused-ring (bicyclic) bond motifs is 5. The monoisotopic (exact) mass is 329 g/mol. The molecule has 2 aromatic heterocycles. The number of anilines is 2. The molecule has 0 unspecified atom stereocenters. The summed E-state index contributed by atoms with van der Waals surface area (Å²) in [4.78, 5) is 0.999. The third kappa shape index (κ3) is 2.09. The second kappa shape index (κ2) is 5.11. The SMILES string of the molecule is Cc1cccc(Nc2ccc3c(c2)sc2oc4ccccc4c23)c1. The first-order valence-electron chi connectivity index (χ1n) is 7.95. The van der Waals surface area contributed by atoms with Crippen molar-refractivity contribution in [2.45, 2.75) is 6.92 Å². The van der Waals surface area contributed by atoms with Gasteiger partial charge in [0.2, 0.25) is 0 Å². The van der Waals surface area contributed by atoms with Crippen LogP contribution in [0.1, 0.15) is 5.56 Å². The van der Waals surface area contributed by atoms with E-state index in [9.17, 15) is 0 Å². The minimum absolute atomic E-state index is 0.961. The molecule has 0 aliphatic carbocycles. The maximum absolute atomic E-state index is 6.01. The highest BCUT2D eigenvalue weighted by Gasteiger charge is 2.13. The molecule has 2 nitrogen and oxygen atoms in total. The van der Waals surface area contributed by atoms with Gasteiger partial charge in [-0.15, -0.1) is 0 Å². The van der Waals surface area contributed by atoms with Crippen molar-refractivity contribution in [3.8, 4) is 0 Å². The van der Waals surface area contributed by atoms with E-state index in [0.29, 0.717) is 0 Å². The molecule has 5 aromatic rings. The Hall–Kier alpha value is -2.78. The van der Waals surface area contributed by atoms with Crippen LogP contribution in [0.4, 0.5) is 11.4 Å². The van der Waals surface area contributed by atoms with Crippen molar-refractivity contribution in [1.82, 2.24) is 0 Å². The number of para-hydroxylation sites is 1. The molecule has 0 fully saturated rings. The van der Waals surface area contributed by atoms with Crippen LogP contribution in [0.3, 0.4) is 0 Å². The number of rotatable bonds is 2. The Labute approximate surface area is 143 Å². The molecule has 0 aliphatic heterocycles. The first kappa shape index (κ1) is 13.6. The average Bonchev–Trinajstić information content (AvgIpc) is 3.10. The third-order valence-electron chi connectivity index (χ3n) is 4.32. The molecule has 24 heavy (non-hydrogen) atoms. The maximum atomic E-state index is 6.01. The van der Waals surface area contributed by atoms with Gasteiger partial charge in [0, 0.05) is 32.2 Å². The Morgan fingerprint density at radius 3 is 2.62 bits per heavy atom. The first-order chi connectivity index (χ1) is 11.8. The summed E-state index contributed by atoms with van der Waals surface area (Å²) in [5, 5.41) is 7.17. The van der Waals surface area contributed by atoms with Crippen molar-refractivity contribution in [2.75, 3.05) is 5.32 Å². The minimum atomic E-state index is 0.961. The van der Waals surface area contributed by atoms with Crippen LogP contribution in [0.15, 0.2) is 71.1 Å². The molecule has 2 heterocycles. The lowest BCUT2D eigenvalue weighted by molar-refractivity contribution is 0.678. The number of hydrogen-bond donors (Lipinski definition) is 1. The highest BCUT2D eigenvalue weighted by Crippen LogP contribution is 2.41. The Morgan fingerprint density at radius 2 is 1.71 bits per heavy atom. The maximum Gasteiger partial charge on any atom is 0.190 e. The van der Waals surface area contributed by atoms with Crippen molar-refractivity contribution in [2.24, 2.45) is 0 Å². The topological polar surface area (TPSA) is 25.2 Å². The Bertz CT molecular complexity index is 1200. The van der Waals surface area contributed by atoms with Gasteiger partial charge in [0.05, 0.1) is 0 Å². The smallest absolute Gasteiger partial charge is 0.190 e. The van der Waals surface area contributed by atoms with E-state index in [-0.39, 0.29) is 0 Å². The fourth-order valence-electron chi connectivity index (χ4n) is 3.23. The van der Waals surface area contributed by atoms with E-state index < -0.39 is 0 Å². The van der Waals surface area contributed by atoms with E-state index in [1.54, 1.807) is 11.3 Å². The Morgan fingerprint density at radius 1 is 0.833 bits per heavy atom. The summed E-state index contributed by atoms with van der Waals surface area (Å²) in [5.41, 5.74) is 4.42. The fourth-order valence-corrected chi connectivity index (χ4v) is 4.35. The van der Waals surface area contributed by atoms with Gasteiger partial charge < -0.3 is 9.73 Å². The molecule has 0 saturated carbocycles. The second-order valence-corrected chi connectivity index (χ2v) is 7.08. The van der Waals surface area contributed by atoms with E-state index in [0.717, 1.165) is 21.9 Å². The molecule has 116 valence electrons. The summed E-state index contributed by atoms with van der Waals surface area (Å²) in [6, 6.07) is 23.2. The third-order valence-corrected chi connectivity index (χ3v) is 5.35. The molecule has 0 radical (unpaired) electrons. The summed E-state index contributed by atoms with van der Waals surface area (Å²) < 4.78 is 7.25. The van der Waals surface area contributed by atoms with E-state index in [1.807, 2.05) is 12.1 Å². The zero-order valence-corrected chi connectivity index (χ0v) is 14.0. The van der Waals surface area contributed by atoms with Gasteiger partial charge in [-0.1, -0.05) is 47.7 Å². The highest BCUT2D eigenvalue weighted by molar-refractivity contribution is 7.25. The molecule has 0 saturated heterocycles. The van der Waals surface area contributed by atoms with Crippen molar-refractivity contribution >= 4 is 54.0 Å². The zero-order chi connectivity index (χ0) is 16.1. The number of hydrogen-bond acceptors (Lipinski definition) is 3. The van der Waals surface area contributed by atoms with Gasteiger partial charge in [0.15, 0.2) is 4.90 Å². The van der Waals surface area contributed by atoms with Gasteiger partial charge >= 0.3 is 0 Å². The van der Waals surface area contributed by atoms with Crippen LogP contribution in [0, 0.1) is 6.92 Å². The lowest BCUT2D eigenvalue weighted by Gasteiger charge is -2.07. The number of aryl methyl sites for hydroxylation is 1. The van der Waals surface area contributed by atoms with Gasteiger partial charge in [-0.2, -0.15) is 0 Å². The molecular formula is C21H15NOS. The van der Waals surface area contributed by atoms with Crippen molar-refractivity contribution in [3.05, 3.63) is 72.3 Å². The second-order valence-electron chi connectivity index (χ2n) is 6.07. The number of benzene rings is 3. The zero-order valence-electron chi connectivity index (χ0n) is 13.2. The predicted octanol–water partition coefficient (Wildman–Crippen LogP) is 6.85. The van der Waals surface area contributed by atoms with E-state index >= 15 is 0 Å². The van der Waals surface area contributed by atoms with E-state index in [1.165, 1.54) is 26.4 Å². The van der Waals surface area contributed by atoms with Crippen molar-refractivity contribution < 1.29 is 4.42 Å². The lowest BCUT2D eigenvalue weighted by atomic mass is 10.1. The van der Waals surface area contributed by atoms with E-state index in [2.05, 4.69) is 66.8 Å². The molecule has 0 amide bonds. The fraction of sp³-hybridized carbons (Fsp3) is 0.0476. The summed E-state index contributed by atoms with van der Waals surface area (Å²) in [5.74, 6) is 0. The van der Waals surface area contributed by atoms with Crippen LogP contribution < -0.4 is 5.32 Å². The predicted molar refractivity (Wildman–Crippen MR) is 104 cm³/mol. The Balaban J connectivity index is 1.64. The minimum Gasteiger partial charge on any atom is -0.445 e. The number of nitrogens with one attached hydrogen (secondary N) is 1. The van der Waals surface area contributed by atoms with Crippen molar-refractivity contribution in [3.63, 3.8) is 0 Å². The molecular weight excluding hydrogens is 314 g/mol. The molecule has 0 atom stereocenters. The number of furan rings is 1. The summed E-state index contributed by atoms with van der Waals surface area (Å²) in [6.45, 7) is 2.10. The molecule has 5 rings (SSSR count). The van der Waals surface area contributed by atoms with Gasteiger partial charge in [0.1, 0.15) is 5.58 Å². The van der Waals surface area contributed by atoms with Gasteiger partial charge in [-0.3, -0.25) is 0 Å².